The first kappa shape index (κ1) is 17.7. The molecule has 0 aromatic carbocycles. The predicted molar refractivity (Wildman–Crippen MR) is 91.5 cm³/mol. The molecular formula is C14H16N6O3S2. The van der Waals surface area contributed by atoms with Gasteiger partial charge in [-0.25, -0.2) is 9.50 Å². The van der Waals surface area contributed by atoms with Crippen molar-refractivity contribution in [2.45, 2.75) is 36.9 Å². The fourth-order valence-electron chi connectivity index (χ4n) is 2.01. The van der Waals surface area contributed by atoms with Crippen molar-refractivity contribution >= 4 is 35.3 Å². The Balaban J connectivity index is 1.59. The molecule has 0 amide bonds. The molecule has 0 spiro atoms. The van der Waals surface area contributed by atoms with E-state index in [0.717, 1.165) is 23.1 Å². The Bertz CT molecular complexity index is 894. The third kappa shape index (κ3) is 4.48. The van der Waals surface area contributed by atoms with Crippen molar-refractivity contribution in [3.63, 3.8) is 0 Å². The molecule has 132 valence electrons. The molecule has 0 aliphatic carbocycles. The van der Waals surface area contributed by atoms with Gasteiger partial charge in [0.2, 0.25) is 11.0 Å². The molecule has 0 unspecified atom stereocenters. The Morgan fingerprint density at radius 2 is 2.12 bits per heavy atom. The molecule has 0 bridgehead atoms. The van der Waals surface area contributed by atoms with Crippen LogP contribution in [0.15, 0.2) is 20.9 Å². The maximum Gasteiger partial charge on any atom is 0.316 e. The molecule has 3 aromatic heterocycles. The summed E-state index contributed by atoms with van der Waals surface area (Å²) in [6.07, 6.45) is 0. The quantitative estimate of drug-likeness (QED) is 0.446. The molecule has 0 N–H and O–H groups in total. The lowest BCUT2D eigenvalue weighted by atomic mass is 10.4. The summed E-state index contributed by atoms with van der Waals surface area (Å²) in [7, 11) is 0. The van der Waals surface area contributed by atoms with Crippen LogP contribution in [0.25, 0.3) is 5.78 Å². The van der Waals surface area contributed by atoms with Gasteiger partial charge in [-0.15, -0.1) is 15.3 Å². The molecule has 0 aliphatic rings. The number of aryl methyl sites for hydroxylation is 2. The zero-order chi connectivity index (χ0) is 17.8. The van der Waals surface area contributed by atoms with Crippen LogP contribution in [0, 0.1) is 13.8 Å². The van der Waals surface area contributed by atoms with Gasteiger partial charge in [-0.2, -0.15) is 4.98 Å². The van der Waals surface area contributed by atoms with Gasteiger partial charge in [-0.3, -0.25) is 4.79 Å². The molecule has 3 rings (SSSR count). The lowest BCUT2D eigenvalue weighted by molar-refractivity contribution is -0.139. The van der Waals surface area contributed by atoms with E-state index >= 15 is 0 Å². The van der Waals surface area contributed by atoms with Crippen molar-refractivity contribution in [1.82, 2.24) is 29.8 Å². The first-order chi connectivity index (χ1) is 12.0. The van der Waals surface area contributed by atoms with Crippen LogP contribution in [0.4, 0.5) is 0 Å². The third-order valence-electron chi connectivity index (χ3n) is 2.99. The van der Waals surface area contributed by atoms with Gasteiger partial charge in [-0.1, -0.05) is 23.5 Å². The monoisotopic (exact) mass is 380 g/mol. The zero-order valence-electron chi connectivity index (χ0n) is 13.9. The van der Waals surface area contributed by atoms with Crippen LogP contribution in [0.3, 0.4) is 0 Å². The fourth-order valence-corrected chi connectivity index (χ4v) is 3.25. The van der Waals surface area contributed by atoms with Crippen LogP contribution in [0.2, 0.25) is 0 Å². The minimum absolute atomic E-state index is 0.140. The van der Waals surface area contributed by atoms with Gasteiger partial charge >= 0.3 is 5.97 Å². The summed E-state index contributed by atoms with van der Waals surface area (Å²) in [6.45, 7) is 5.99. The van der Waals surface area contributed by atoms with Gasteiger partial charge < -0.3 is 9.15 Å². The molecule has 0 atom stereocenters. The van der Waals surface area contributed by atoms with Crippen LogP contribution in [-0.2, 0) is 15.3 Å². The molecule has 0 fully saturated rings. The number of esters is 1. The van der Waals surface area contributed by atoms with Crippen LogP contribution in [0.5, 0.6) is 0 Å². The highest BCUT2D eigenvalue weighted by atomic mass is 32.2. The average Bonchev–Trinajstić information content (AvgIpc) is 3.17. The fraction of sp³-hybridized carbons (Fsp3) is 0.429. The number of fused-ring (bicyclic) bond motifs is 1. The van der Waals surface area contributed by atoms with E-state index in [-0.39, 0.29) is 11.7 Å². The van der Waals surface area contributed by atoms with Gasteiger partial charge in [0, 0.05) is 11.4 Å². The van der Waals surface area contributed by atoms with E-state index < -0.39 is 0 Å². The molecule has 9 nitrogen and oxygen atoms in total. The molecule has 3 heterocycles. The number of ether oxygens (including phenoxy) is 1. The summed E-state index contributed by atoms with van der Waals surface area (Å²) < 4.78 is 12.0. The Morgan fingerprint density at radius 1 is 1.28 bits per heavy atom. The maximum absolute atomic E-state index is 11.3. The topological polar surface area (TPSA) is 108 Å². The van der Waals surface area contributed by atoms with Crippen LogP contribution >= 0.6 is 23.5 Å². The molecule has 0 saturated carbocycles. The minimum atomic E-state index is -0.311. The normalized spacial score (nSPS) is 11.2. The molecule has 0 aliphatic heterocycles. The molecule has 3 aromatic rings. The summed E-state index contributed by atoms with van der Waals surface area (Å²) in [5, 5.41) is 13.2. The molecule has 11 heteroatoms. The minimum Gasteiger partial charge on any atom is -0.465 e. The SMILES string of the molecule is CCOC(=O)CSc1nnc(CSc2nc3nc(C)cc(C)n3n2)o1. The van der Waals surface area contributed by atoms with Crippen molar-refractivity contribution in [3.05, 3.63) is 23.3 Å². The number of aromatic nitrogens is 6. The van der Waals surface area contributed by atoms with Crippen molar-refractivity contribution in [2.24, 2.45) is 0 Å². The van der Waals surface area contributed by atoms with Crippen molar-refractivity contribution < 1.29 is 13.9 Å². The highest BCUT2D eigenvalue weighted by molar-refractivity contribution is 7.99. The lowest BCUT2D eigenvalue weighted by Gasteiger charge is -1.97. The van der Waals surface area contributed by atoms with E-state index in [9.17, 15) is 4.79 Å². The first-order valence-corrected chi connectivity index (χ1v) is 9.47. The zero-order valence-corrected chi connectivity index (χ0v) is 15.6. The summed E-state index contributed by atoms with van der Waals surface area (Å²) in [5.74, 6) is 1.27. The highest BCUT2D eigenvalue weighted by Gasteiger charge is 2.13. The smallest absolute Gasteiger partial charge is 0.316 e. The number of carbonyl (C=O) groups is 1. The summed E-state index contributed by atoms with van der Waals surface area (Å²) in [4.78, 5) is 20.0. The van der Waals surface area contributed by atoms with E-state index in [0.29, 0.717) is 34.4 Å². The largest absolute Gasteiger partial charge is 0.465 e. The van der Waals surface area contributed by atoms with E-state index in [1.807, 2.05) is 19.9 Å². The Hall–Kier alpha value is -2.14. The molecule has 0 radical (unpaired) electrons. The van der Waals surface area contributed by atoms with E-state index in [2.05, 4.69) is 25.3 Å². The van der Waals surface area contributed by atoms with Gasteiger partial charge in [0.25, 0.3) is 11.0 Å². The van der Waals surface area contributed by atoms with Gasteiger partial charge in [0.05, 0.1) is 12.4 Å². The second kappa shape index (κ2) is 7.83. The van der Waals surface area contributed by atoms with Crippen molar-refractivity contribution in [1.29, 1.82) is 0 Å². The summed E-state index contributed by atoms with van der Waals surface area (Å²) in [5.41, 5.74) is 1.87. The number of hydrogen-bond donors (Lipinski definition) is 0. The summed E-state index contributed by atoms with van der Waals surface area (Å²) >= 11 is 2.53. The number of nitrogens with zero attached hydrogens (tertiary/aromatic N) is 6. The molecule has 0 saturated heterocycles. The number of thioether (sulfide) groups is 2. The average molecular weight is 380 g/mol. The van der Waals surface area contributed by atoms with Crippen LogP contribution in [-0.4, -0.2) is 48.1 Å². The number of rotatable bonds is 7. The van der Waals surface area contributed by atoms with Crippen LogP contribution in [0.1, 0.15) is 24.2 Å². The van der Waals surface area contributed by atoms with Crippen LogP contribution < -0.4 is 0 Å². The molecular weight excluding hydrogens is 364 g/mol. The summed E-state index contributed by atoms with van der Waals surface area (Å²) in [6, 6.07) is 1.95. The van der Waals surface area contributed by atoms with Gasteiger partial charge in [-0.05, 0) is 26.8 Å². The maximum atomic E-state index is 11.3. The Morgan fingerprint density at radius 3 is 2.92 bits per heavy atom. The van der Waals surface area contributed by atoms with Gasteiger partial charge in [0.1, 0.15) is 5.75 Å². The number of hydrogen-bond acceptors (Lipinski definition) is 10. The second-order valence-corrected chi connectivity index (χ2v) is 6.86. The van der Waals surface area contributed by atoms with Crippen molar-refractivity contribution in [3.8, 4) is 0 Å². The van der Waals surface area contributed by atoms with E-state index in [4.69, 9.17) is 9.15 Å². The van der Waals surface area contributed by atoms with Crippen molar-refractivity contribution in [2.75, 3.05) is 12.4 Å². The lowest BCUT2D eigenvalue weighted by Crippen LogP contribution is -2.06. The Labute approximate surface area is 152 Å². The van der Waals surface area contributed by atoms with E-state index in [1.165, 1.54) is 11.8 Å². The molecule has 25 heavy (non-hydrogen) atoms. The highest BCUT2D eigenvalue weighted by Crippen LogP contribution is 2.22. The predicted octanol–water partition coefficient (Wildman–Crippen LogP) is 2.07. The third-order valence-corrected chi connectivity index (χ3v) is 4.61. The Kier molecular flexibility index (Phi) is 5.53. The second-order valence-electron chi connectivity index (χ2n) is 4.99. The van der Waals surface area contributed by atoms with Gasteiger partial charge in [0.15, 0.2) is 0 Å². The van der Waals surface area contributed by atoms with E-state index in [1.54, 1.807) is 11.4 Å². The number of carbonyl (C=O) groups excluding carboxylic acids is 1. The first-order valence-electron chi connectivity index (χ1n) is 7.49. The standard InChI is InChI=1S/C14H16N6O3S2/c1-4-22-11(21)7-25-14-18-17-10(23-14)6-24-13-16-12-15-8(2)5-9(3)20(12)19-13/h5H,4,6-7H2,1-3H3.